The Morgan fingerprint density at radius 3 is 2.89 bits per heavy atom. The minimum atomic E-state index is -0.0794. The molecule has 18 heavy (non-hydrogen) atoms. The third-order valence-corrected chi connectivity index (χ3v) is 4.32. The molecule has 2 atom stereocenters. The van der Waals surface area contributed by atoms with E-state index in [9.17, 15) is 4.79 Å². The molecule has 1 heterocycles. The monoisotopic (exact) mass is 374 g/mol. The summed E-state index contributed by atoms with van der Waals surface area (Å²) in [6.07, 6.45) is 2.05. The van der Waals surface area contributed by atoms with Gasteiger partial charge in [-0.3, -0.25) is 4.79 Å². The minimum absolute atomic E-state index is 0.0459. The van der Waals surface area contributed by atoms with Crippen molar-refractivity contribution >= 4 is 43.5 Å². The van der Waals surface area contributed by atoms with Gasteiger partial charge in [0.05, 0.1) is 11.7 Å². The molecule has 2 unspecified atom stereocenters. The Hall–Kier alpha value is -0.390. The molecule has 3 nitrogen and oxygen atoms in total. The molecule has 0 saturated carbocycles. The molecule has 2 N–H and O–H groups in total. The second kappa shape index (κ2) is 6.17. The summed E-state index contributed by atoms with van der Waals surface area (Å²) < 4.78 is 1.87. The second-order valence-corrected chi connectivity index (χ2v) is 6.52. The lowest BCUT2D eigenvalue weighted by Gasteiger charge is -2.27. The van der Waals surface area contributed by atoms with E-state index in [0.717, 1.165) is 34.0 Å². The Balaban J connectivity index is 2.02. The van der Waals surface area contributed by atoms with Crippen molar-refractivity contribution in [2.45, 2.75) is 25.8 Å². The standard InChI is InChI=1S/C13H16Br2N2O/c1-8-4-5-16-12(6-8)13(18)17-11-3-2-9(14)7-10(11)15/h2-3,7-8,12,16H,4-6H2,1H3,(H,17,18). The van der Waals surface area contributed by atoms with E-state index in [2.05, 4.69) is 49.4 Å². The van der Waals surface area contributed by atoms with E-state index in [1.165, 1.54) is 0 Å². The molecule has 2 rings (SSSR count). The Morgan fingerprint density at radius 2 is 2.22 bits per heavy atom. The van der Waals surface area contributed by atoms with Crippen LogP contribution in [0.25, 0.3) is 0 Å². The van der Waals surface area contributed by atoms with Crippen molar-refractivity contribution in [2.75, 3.05) is 11.9 Å². The van der Waals surface area contributed by atoms with Crippen molar-refractivity contribution in [3.63, 3.8) is 0 Å². The van der Waals surface area contributed by atoms with Gasteiger partial charge in [-0.15, -0.1) is 0 Å². The molecule has 0 aliphatic carbocycles. The molecule has 0 spiro atoms. The number of benzene rings is 1. The van der Waals surface area contributed by atoms with Crippen molar-refractivity contribution in [2.24, 2.45) is 5.92 Å². The molecule has 0 aromatic heterocycles. The van der Waals surface area contributed by atoms with Crippen LogP contribution in [-0.2, 0) is 4.79 Å². The summed E-state index contributed by atoms with van der Waals surface area (Å²) in [6.45, 7) is 3.11. The number of carbonyl (C=O) groups is 1. The molecule has 1 aliphatic heterocycles. The normalized spacial score (nSPS) is 23.7. The molecular weight excluding hydrogens is 360 g/mol. The van der Waals surface area contributed by atoms with Gasteiger partial charge < -0.3 is 10.6 Å². The first-order chi connectivity index (χ1) is 8.56. The van der Waals surface area contributed by atoms with Crippen LogP contribution in [0, 0.1) is 5.92 Å². The van der Waals surface area contributed by atoms with Crippen LogP contribution in [0.2, 0.25) is 0 Å². The van der Waals surface area contributed by atoms with Crippen LogP contribution in [0.4, 0.5) is 5.69 Å². The highest BCUT2D eigenvalue weighted by molar-refractivity contribution is 9.11. The third kappa shape index (κ3) is 3.56. The summed E-state index contributed by atoms with van der Waals surface area (Å²) in [7, 11) is 0. The molecule has 1 amide bonds. The summed E-state index contributed by atoms with van der Waals surface area (Å²) >= 11 is 6.84. The Morgan fingerprint density at radius 1 is 1.44 bits per heavy atom. The number of rotatable bonds is 2. The highest BCUT2D eigenvalue weighted by atomic mass is 79.9. The van der Waals surface area contributed by atoms with Gasteiger partial charge in [0.15, 0.2) is 0 Å². The van der Waals surface area contributed by atoms with E-state index in [-0.39, 0.29) is 11.9 Å². The van der Waals surface area contributed by atoms with Crippen LogP contribution >= 0.6 is 31.9 Å². The van der Waals surface area contributed by atoms with Crippen LogP contribution in [0.3, 0.4) is 0 Å². The number of halogens is 2. The number of anilines is 1. The van der Waals surface area contributed by atoms with Crippen LogP contribution in [0.5, 0.6) is 0 Å². The molecular formula is C13H16Br2N2O. The zero-order chi connectivity index (χ0) is 13.1. The van der Waals surface area contributed by atoms with Gasteiger partial charge >= 0.3 is 0 Å². The van der Waals surface area contributed by atoms with Gasteiger partial charge in [-0.1, -0.05) is 22.9 Å². The van der Waals surface area contributed by atoms with E-state index in [1.807, 2.05) is 18.2 Å². The molecule has 1 aliphatic rings. The number of hydrogen-bond donors (Lipinski definition) is 2. The van der Waals surface area contributed by atoms with Gasteiger partial charge in [0.1, 0.15) is 0 Å². The number of amides is 1. The zero-order valence-corrected chi connectivity index (χ0v) is 13.3. The van der Waals surface area contributed by atoms with E-state index >= 15 is 0 Å². The summed E-state index contributed by atoms with van der Waals surface area (Å²) in [5.74, 6) is 0.653. The van der Waals surface area contributed by atoms with E-state index in [4.69, 9.17) is 0 Å². The maximum atomic E-state index is 12.1. The van der Waals surface area contributed by atoms with Crippen LogP contribution in [0.1, 0.15) is 19.8 Å². The summed E-state index contributed by atoms with van der Waals surface area (Å²) in [5, 5.41) is 6.22. The first kappa shape index (κ1) is 14.0. The van der Waals surface area contributed by atoms with Crippen LogP contribution in [0.15, 0.2) is 27.1 Å². The SMILES string of the molecule is CC1CCNC(C(=O)Nc2ccc(Br)cc2Br)C1. The Bertz CT molecular complexity index is 451. The summed E-state index contributed by atoms with van der Waals surface area (Å²) in [4.78, 5) is 12.1. The Labute approximate surface area is 124 Å². The average Bonchev–Trinajstić information content (AvgIpc) is 2.32. The fourth-order valence-corrected chi connectivity index (χ4v) is 3.26. The number of hydrogen-bond acceptors (Lipinski definition) is 2. The molecule has 0 radical (unpaired) electrons. The maximum Gasteiger partial charge on any atom is 0.241 e. The largest absolute Gasteiger partial charge is 0.324 e. The topological polar surface area (TPSA) is 41.1 Å². The molecule has 1 fully saturated rings. The molecule has 98 valence electrons. The second-order valence-electron chi connectivity index (χ2n) is 4.75. The lowest BCUT2D eigenvalue weighted by molar-refractivity contribution is -0.119. The highest BCUT2D eigenvalue weighted by Crippen LogP contribution is 2.26. The van der Waals surface area contributed by atoms with Gasteiger partial charge in [0, 0.05) is 8.95 Å². The van der Waals surface area contributed by atoms with Gasteiger partial charge in [0.25, 0.3) is 0 Å². The van der Waals surface area contributed by atoms with Crippen molar-refractivity contribution in [3.8, 4) is 0 Å². The van der Waals surface area contributed by atoms with Crippen molar-refractivity contribution in [3.05, 3.63) is 27.1 Å². The van der Waals surface area contributed by atoms with Crippen molar-refractivity contribution in [1.29, 1.82) is 0 Å². The van der Waals surface area contributed by atoms with Crippen LogP contribution in [-0.4, -0.2) is 18.5 Å². The third-order valence-electron chi connectivity index (χ3n) is 3.17. The molecule has 1 saturated heterocycles. The van der Waals surface area contributed by atoms with Gasteiger partial charge in [-0.05, 0) is 59.4 Å². The van der Waals surface area contributed by atoms with E-state index in [0.29, 0.717) is 5.92 Å². The number of nitrogens with one attached hydrogen (secondary N) is 2. The fourth-order valence-electron chi connectivity index (χ4n) is 2.12. The molecule has 1 aromatic rings. The zero-order valence-electron chi connectivity index (χ0n) is 10.2. The maximum absolute atomic E-state index is 12.1. The average molecular weight is 376 g/mol. The molecule has 0 bridgehead atoms. The smallest absolute Gasteiger partial charge is 0.241 e. The predicted molar refractivity (Wildman–Crippen MR) is 80.7 cm³/mol. The van der Waals surface area contributed by atoms with Gasteiger partial charge in [0.2, 0.25) is 5.91 Å². The first-order valence-electron chi connectivity index (χ1n) is 6.05. The fraction of sp³-hybridized carbons (Fsp3) is 0.462. The van der Waals surface area contributed by atoms with Crippen LogP contribution < -0.4 is 10.6 Å². The summed E-state index contributed by atoms with van der Waals surface area (Å²) in [6, 6.07) is 5.65. The lowest BCUT2D eigenvalue weighted by Crippen LogP contribution is -2.45. The predicted octanol–water partition coefficient (Wildman–Crippen LogP) is 3.54. The van der Waals surface area contributed by atoms with E-state index < -0.39 is 0 Å². The molecule has 1 aromatic carbocycles. The first-order valence-corrected chi connectivity index (χ1v) is 7.64. The van der Waals surface area contributed by atoms with Gasteiger partial charge in [-0.25, -0.2) is 0 Å². The van der Waals surface area contributed by atoms with Crippen molar-refractivity contribution in [1.82, 2.24) is 5.32 Å². The summed E-state index contributed by atoms with van der Waals surface area (Å²) in [5.41, 5.74) is 0.809. The number of carbonyl (C=O) groups excluding carboxylic acids is 1. The highest BCUT2D eigenvalue weighted by Gasteiger charge is 2.24. The molecule has 5 heteroatoms. The van der Waals surface area contributed by atoms with E-state index in [1.54, 1.807) is 0 Å². The van der Waals surface area contributed by atoms with Gasteiger partial charge in [-0.2, -0.15) is 0 Å². The lowest BCUT2D eigenvalue weighted by atomic mass is 9.94. The Kier molecular flexibility index (Phi) is 4.81. The minimum Gasteiger partial charge on any atom is -0.324 e. The number of piperidine rings is 1. The quantitative estimate of drug-likeness (QED) is 0.829. The van der Waals surface area contributed by atoms with Crippen molar-refractivity contribution < 1.29 is 4.79 Å².